The van der Waals surface area contributed by atoms with Crippen LogP contribution < -0.4 is 4.90 Å². The standard InChI is InChI=1S/C28H28N2O2/c1-20(2)30-25-16-9-8-15-24(25)26(31)29-18-10-17-28(29,27(30)32)19-22-13-6-7-14-23(22)21-11-4-3-5-12-21/h3-9,11-16,20H,10,17-19H2,1-2H3/t28-/m1/s1. The summed E-state index contributed by atoms with van der Waals surface area (Å²) >= 11 is 0. The molecule has 1 saturated heterocycles. The van der Waals surface area contributed by atoms with Gasteiger partial charge in [0, 0.05) is 19.0 Å². The number of fused-ring (bicyclic) bond motifs is 2. The topological polar surface area (TPSA) is 40.6 Å². The Morgan fingerprint density at radius 2 is 1.50 bits per heavy atom. The maximum absolute atomic E-state index is 14.3. The number of carbonyl (C=O) groups is 2. The summed E-state index contributed by atoms with van der Waals surface area (Å²) in [6, 6.07) is 26.0. The number of anilines is 1. The van der Waals surface area contributed by atoms with Crippen LogP contribution in [0.25, 0.3) is 11.1 Å². The van der Waals surface area contributed by atoms with Crippen LogP contribution in [0.3, 0.4) is 0 Å². The summed E-state index contributed by atoms with van der Waals surface area (Å²) in [6.07, 6.45) is 2.02. The molecule has 2 aliphatic heterocycles. The Labute approximate surface area is 189 Å². The van der Waals surface area contributed by atoms with Gasteiger partial charge in [0.05, 0.1) is 11.3 Å². The summed E-state index contributed by atoms with van der Waals surface area (Å²) < 4.78 is 0. The minimum atomic E-state index is -0.870. The van der Waals surface area contributed by atoms with E-state index in [0.717, 1.165) is 28.8 Å². The number of rotatable bonds is 4. The van der Waals surface area contributed by atoms with Gasteiger partial charge in [-0.3, -0.25) is 9.59 Å². The quantitative estimate of drug-likeness (QED) is 0.568. The van der Waals surface area contributed by atoms with E-state index in [9.17, 15) is 9.59 Å². The molecule has 1 fully saturated rings. The van der Waals surface area contributed by atoms with Crippen LogP contribution in [0.4, 0.5) is 5.69 Å². The molecule has 1 atom stereocenters. The van der Waals surface area contributed by atoms with Crippen molar-refractivity contribution in [3.8, 4) is 11.1 Å². The van der Waals surface area contributed by atoms with Crippen molar-refractivity contribution in [2.24, 2.45) is 0 Å². The fourth-order valence-electron chi connectivity index (χ4n) is 5.40. The predicted octanol–water partition coefficient (Wildman–Crippen LogP) is 5.33. The Bertz CT molecular complexity index is 1170. The summed E-state index contributed by atoms with van der Waals surface area (Å²) in [6.45, 7) is 4.66. The average Bonchev–Trinajstić information content (AvgIpc) is 3.22. The van der Waals surface area contributed by atoms with Gasteiger partial charge in [0.2, 0.25) is 0 Å². The van der Waals surface area contributed by atoms with E-state index in [4.69, 9.17) is 0 Å². The van der Waals surface area contributed by atoms with Crippen molar-refractivity contribution in [2.75, 3.05) is 11.4 Å². The molecule has 5 rings (SSSR count). The lowest BCUT2D eigenvalue weighted by molar-refractivity contribution is -0.128. The average molecular weight is 425 g/mol. The van der Waals surface area contributed by atoms with E-state index >= 15 is 0 Å². The van der Waals surface area contributed by atoms with E-state index < -0.39 is 5.54 Å². The highest BCUT2D eigenvalue weighted by molar-refractivity contribution is 6.13. The number of carbonyl (C=O) groups excluding carboxylic acids is 2. The van der Waals surface area contributed by atoms with Gasteiger partial charge in [-0.1, -0.05) is 66.7 Å². The Balaban J connectivity index is 1.66. The van der Waals surface area contributed by atoms with Crippen molar-refractivity contribution in [1.29, 1.82) is 0 Å². The van der Waals surface area contributed by atoms with Crippen molar-refractivity contribution in [3.63, 3.8) is 0 Å². The van der Waals surface area contributed by atoms with E-state index in [2.05, 4.69) is 24.3 Å². The van der Waals surface area contributed by atoms with Crippen molar-refractivity contribution >= 4 is 17.5 Å². The maximum atomic E-state index is 14.3. The van der Waals surface area contributed by atoms with Gasteiger partial charge in [-0.05, 0) is 55.5 Å². The Hall–Kier alpha value is -3.40. The van der Waals surface area contributed by atoms with Gasteiger partial charge >= 0.3 is 0 Å². The third-order valence-corrected chi connectivity index (χ3v) is 6.85. The van der Waals surface area contributed by atoms with Crippen LogP contribution in [0.5, 0.6) is 0 Å². The number of benzene rings is 3. The second-order valence-corrected chi connectivity index (χ2v) is 9.08. The number of hydrogen-bond donors (Lipinski definition) is 0. The minimum absolute atomic E-state index is 0.0335. The lowest BCUT2D eigenvalue weighted by atomic mass is 9.83. The second-order valence-electron chi connectivity index (χ2n) is 9.08. The zero-order valence-electron chi connectivity index (χ0n) is 18.6. The van der Waals surface area contributed by atoms with Gasteiger partial charge in [0.15, 0.2) is 0 Å². The summed E-state index contributed by atoms with van der Waals surface area (Å²) in [5.41, 5.74) is 3.82. The number of hydrogen-bond acceptors (Lipinski definition) is 2. The molecule has 32 heavy (non-hydrogen) atoms. The summed E-state index contributed by atoms with van der Waals surface area (Å²) in [5.74, 6) is -0.00189. The highest BCUT2D eigenvalue weighted by atomic mass is 16.2. The fraction of sp³-hybridized carbons (Fsp3) is 0.286. The smallest absolute Gasteiger partial charge is 0.256 e. The van der Waals surface area contributed by atoms with Gasteiger partial charge in [-0.2, -0.15) is 0 Å². The van der Waals surface area contributed by atoms with Crippen molar-refractivity contribution in [2.45, 2.75) is 44.7 Å². The molecule has 2 heterocycles. The molecular formula is C28H28N2O2. The highest BCUT2D eigenvalue weighted by Gasteiger charge is 2.54. The van der Waals surface area contributed by atoms with E-state index in [0.29, 0.717) is 24.9 Å². The molecular weight excluding hydrogens is 396 g/mol. The van der Waals surface area contributed by atoms with Gasteiger partial charge in [-0.15, -0.1) is 0 Å². The van der Waals surface area contributed by atoms with Crippen molar-refractivity contribution < 1.29 is 9.59 Å². The lowest BCUT2D eigenvalue weighted by Crippen LogP contribution is -2.59. The Morgan fingerprint density at radius 1 is 0.844 bits per heavy atom. The zero-order chi connectivity index (χ0) is 22.3. The van der Waals surface area contributed by atoms with E-state index in [1.165, 1.54) is 0 Å². The largest absolute Gasteiger partial charge is 0.323 e. The van der Waals surface area contributed by atoms with Crippen molar-refractivity contribution in [1.82, 2.24) is 4.90 Å². The molecule has 0 unspecified atom stereocenters. The van der Waals surface area contributed by atoms with Crippen LogP contribution in [0, 0.1) is 0 Å². The molecule has 2 aliphatic rings. The Morgan fingerprint density at radius 3 is 2.25 bits per heavy atom. The first-order chi connectivity index (χ1) is 15.5. The molecule has 0 aromatic heterocycles. The van der Waals surface area contributed by atoms with Crippen LogP contribution in [-0.4, -0.2) is 34.8 Å². The van der Waals surface area contributed by atoms with Crippen LogP contribution in [0.15, 0.2) is 78.9 Å². The molecule has 0 saturated carbocycles. The molecule has 0 radical (unpaired) electrons. The highest BCUT2D eigenvalue weighted by Crippen LogP contribution is 2.43. The van der Waals surface area contributed by atoms with E-state index in [1.54, 1.807) is 0 Å². The fourth-order valence-corrected chi connectivity index (χ4v) is 5.40. The maximum Gasteiger partial charge on any atom is 0.256 e. The predicted molar refractivity (Wildman–Crippen MR) is 128 cm³/mol. The normalized spacial score (nSPS) is 20.3. The molecule has 4 nitrogen and oxygen atoms in total. The van der Waals surface area contributed by atoms with E-state index in [-0.39, 0.29) is 17.9 Å². The monoisotopic (exact) mass is 424 g/mol. The molecule has 3 aromatic rings. The summed E-state index contributed by atoms with van der Waals surface area (Å²) in [5, 5.41) is 0. The van der Waals surface area contributed by atoms with Gasteiger partial charge in [0.25, 0.3) is 11.8 Å². The molecule has 2 amide bonds. The third kappa shape index (κ3) is 3.13. The lowest BCUT2D eigenvalue weighted by Gasteiger charge is -2.39. The van der Waals surface area contributed by atoms with Crippen molar-refractivity contribution in [3.05, 3.63) is 90.0 Å². The molecule has 4 heteroatoms. The van der Waals surface area contributed by atoms with Gasteiger partial charge < -0.3 is 9.80 Å². The SMILES string of the molecule is CC(C)N1C(=O)[C@]2(Cc3ccccc3-c3ccccc3)CCCN2C(=O)c2ccccc21. The van der Waals surface area contributed by atoms with Crippen LogP contribution in [-0.2, 0) is 11.2 Å². The number of nitrogens with zero attached hydrogens (tertiary/aromatic N) is 2. The van der Waals surface area contributed by atoms with Gasteiger partial charge in [0.1, 0.15) is 5.54 Å². The summed E-state index contributed by atoms with van der Waals surface area (Å²) in [7, 11) is 0. The first kappa shape index (κ1) is 20.5. The Kier molecular flexibility index (Phi) is 5.09. The molecule has 162 valence electrons. The third-order valence-electron chi connectivity index (χ3n) is 6.85. The molecule has 0 aliphatic carbocycles. The van der Waals surface area contributed by atoms with Crippen LogP contribution in [0.2, 0.25) is 0 Å². The summed E-state index contributed by atoms with van der Waals surface area (Å²) in [4.78, 5) is 31.7. The van der Waals surface area contributed by atoms with Crippen LogP contribution >= 0.6 is 0 Å². The molecule has 3 aromatic carbocycles. The zero-order valence-corrected chi connectivity index (χ0v) is 18.6. The number of para-hydroxylation sites is 1. The van der Waals surface area contributed by atoms with E-state index in [1.807, 2.05) is 78.2 Å². The molecule has 0 N–H and O–H groups in total. The van der Waals surface area contributed by atoms with Crippen LogP contribution in [0.1, 0.15) is 42.6 Å². The first-order valence-electron chi connectivity index (χ1n) is 11.4. The molecule has 0 bridgehead atoms. The number of amides is 2. The molecule has 0 spiro atoms. The van der Waals surface area contributed by atoms with Gasteiger partial charge in [-0.25, -0.2) is 0 Å². The second kappa shape index (κ2) is 7.94. The first-order valence-corrected chi connectivity index (χ1v) is 11.4. The minimum Gasteiger partial charge on any atom is -0.323 e.